The zero-order chi connectivity index (χ0) is 23.3. The molecule has 2 atom stereocenters. The van der Waals surface area contributed by atoms with Crippen molar-refractivity contribution in [2.45, 2.75) is 30.8 Å². The average Bonchev–Trinajstić information content (AvgIpc) is 3.38. The van der Waals surface area contributed by atoms with E-state index in [0.29, 0.717) is 26.2 Å². The van der Waals surface area contributed by atoms with Crippen LogP contribution < -0.4 is 0 Å². The lowest BCUT2D eigenvalue weighted by Crippen LogP contribution is -2.40. The van der Waals surface area contributed by atoms with Crippen molar-refractivity contribution in [1.82, 2.24) is 0 Å². The minimum Gasteiger partial charge on any atom is -0.388 e. The Kier molecular flexibility index (Phi) is 12.3. The maximum Gasteiger partial charge on any atom is 0.383 e. The van der Waals surface area contributed by atoms with Crippen molar-refractivity contribution in [2.75, 3.05) is 66.3 Å². The molecule has 1 fully saturated rings. The fraction of sp³-hybridized carbons (Fsp3) is 0.789. The molecular weight excluding hydrogens is 464 g/mol. The first-order valence-electron chi connectivity index (χ1n) is 9.92. The van der Waals surface area contributed by atoms with Crippen molar-refractivity contribution in [1.29, 1.82) is 0 Å². The van der Waals surface area contributed by atoms with Gasteiger partial charge in [-0.2, -0.15) is 17.6 Å². The summed E-state index contributed by atoms with van der Waals surface area (Å²) in [6.07, 6.45) is -8.98. The van der Waals surface area contributed by atoms with Crippen molar-refractivity contribution < 1.29 is 55.8 Å². The first-order chi connectivity index (χ1) is 15.3. The number of hydrogen-bond donors (Lipinski definition) is 1. The number of hydrogen-bond acceptors (Lipinski definition) is 9. The summed E-state index contributed by atoms with van der Waals surface area (Å²) in [6.45, 7) is -2.37. The Morgan fingerprint density at radius 1 is 1.00 bits per heavy atom. The highest BCUT2D eigenvalue weighted by atomic mass is 32.1. The molecule has 1 aromatic rings. The third kappa shape index (κ3) is 13.6. The van der Waals surface area contributed by atoms with Crippen LogP contribution in [-0.4, -0.2) is 95.8 Å². The second-order valence-corrected chi connectivity index (χ2v) is 7.89. The standard InChI is InChI=1S/C19H28F4O8S/c20-18(21,12-28-9-15(24)8-25-4-3-17-2-1-7-32-17)31-19(22,23)13-29-14-27-6-5-26-10-16-11-30-16/h1-2,7,15-16,24H,3-6,8-14H2. The Labute approximate surface area is 187 Å². The molecule has 0 spiro atoms. The number of epoxide rings is 1. The normalized spacial score (nSPS) is 17.6. The molecule has 2 unspecified atom stereocenters. The largest absolute Gasteiger partial charge is 0.388 e. The number of rotatable bonds is 20. The quantitative estimate of drug-likeness (QED) is 0.128. The Balaban J connectivity index is 1.46. The highest BCUT2D eigenvalue weighted by Gasteiger charge is 2.44. The Bertz CT molecular complexity index is 604. The summed E-state index contributed by atoms with van der Waals surface area (Å²) in [5, 5.41) is 11.6. The zero-order valence-electron chi connectivity index (χ0n) is 17.4. The first kappa shape index (κ1) is 27.3. The van der Waals surface area contributed by atoms with Crippen molar-refractivity contribution in [3.63, 3.8) is 0 Å². The molecule has 0 bridgehead atoms. The third-order valence-corrected chi connectivity index (χ3v) is 4.71. The summed E-state index contributed by atoms with van der Waals surface area (Å²) in [5.41, 5.74) is 0. The molecule has 2 heterocycles. The van der Waals surface area contributed by atoms with E-state index in [-0.39, 0.29) is 25.9 Å². The van der Waals surface area contributed by atoms with Gasteiger partial charge in [-0.25, -0.2) is 0 Å². The van der Waals surface area contributed by atoms with Crippen molar-refractivity contribution in [2.24, 2.45) is 0 Å². The predicted molar refractivity (Wildman–Crippen MR) is 104 cm³/mol. The number of thiophene rings is 1. The van der Waals surface area contributed by atoms with E-state index in [1.54, 1.807) is 11.3 Å². The van der Waals surface area contributed by atoms with Gasteiger partial charge in [0, 0.05) is 11.3 Å². The van der Waals surface area contributed by atoms with Gasteiger partial charge in [0.1, 0.15) is 32.2 Å². The van der Waals surface area contributed by atoms with E-state index >= 15 is 0 Å². The van der Waals surface area contributed by atoms with E-state index in [4.69, 9.17) is 18.9 Å². The fourth-order valence-corrected chi connectivity index (χ4v) is 2.95. The van der Waals surface area contributed by atoms with E-state index < -0.39 is 44.9 Å². The molecule has 1 N–H and O–H groups in total. The van der Waals surface area contributed by atoms with Crippen LogP contribution in [0, 0.1) is 0 Å². The van der Waals surface area contributed by atoms with Crippen LogP contribution >= 0.6 is 11.3 Å². The highest BCUT2D eigenvalue weighted by Crippen LogP contribution is 2.27. The van der Waals surface area contributed by atoms with Gasteiger partial charge in [0.2, 0.25) is 0 Å². The number of alkyl halides is 4. The van der Waals surface area contributed by atoms with Crippen molar-refractivity contribution in [3.8, 4) is 0 Å². The SMILES string of the molecule is OC(COCCc1cccs1)COCC(F)(F)OC(F)(F)COCOCCOCC1CO1. The van der Waals surface area contributed by atoms with Crippen molar-refractivity contribution >= 4 is 11.3 Å². The molecule has 8 nitrogen and oxygen atoms in total. The molecule has 32 heavy (non-hydrogen) atoms. The first-order valence-corrected chi connectivity index (χ1v) is 10.8. The second-order valence-electron chi connectivity index (χ2n) is 6.85. The van der Waals surface area contributed by atoms with Gasteiger partial charge in [-0.15, -0.1) is 11.3 Å². The van der Waals surface area contributed by atoms with Crippen LogP contribution in [0.5, 0.6) is 0 Å². The van der Waals surface area contributed by atoms with E-state index in [9.17, 15) is 22.7 Å². The van der Waals surface area contributed by atoms with E-state index in [0.717, 1.165) is 4.88 Å². The molecule has 0 amide bonds. The van der Waals surface area contributed by atoms with Crippen LogP contribution in [0.3, 0.4) is 0 Å². The van der Waals surface area contributed by atoms with Gasteiger partial charge in [0.25, 0.3) is 0 Å². The van der Waals surface area contributed by atoms with Crippen LogP contribution in [-0.2, 0) is 39.6 Å². The average molecular weight is 492 g/mol. The highest BCUT2D eigenvalue weighted by molar-refractivity contribution is 7.09. The lowest BCUT2D eigenvalue weighted by molar-refractivity contribution is -0.396. The Morgan fingerprint density at radius 3 is 2.38 bits per heavy atom. The molecule has 2 rings (SSSR count). The molecule has 1 aliphatic rings. The van der Waals surface area contributed by atoms with Crippen LogP contribution in [0.15, 0.2) is 17.5 Å². The van der Waals surface area contributed by atoms with Crippen LogP contribution in [0.2, 0.25) is 0 Å². The third-order valence-electron chi connectivity index (χ3n) is 3.78. The number of aliphatic hydroxyl groups is 1. The second kappa shape index (κ2) is 14.4. The van der Waals surface area contributed by atoms with Gasteiger partial charge in [0.15, 0.2) is 0 Å². The molecule has 13 heteroatoms. The van der Waals surface area contributed by atoms with Gasteiger partial charge in [-0.1, -0.05) is 6.07 Å². The molecule has 1 aromatic heterocycles. The Hall–Kier alpha value is -0.900. The molecular formula is C19H28F4O8S. The van der Waals surface area contributed by atoms with Gasteiger partial charge in [-0.05, 0) is 11.4 Å². The molecule has 0 aromatic carbocycles. The Morgan fingerprint density at radius 2 is 1.69 bits per heavy atom. The monoisotopic (exact) mass is 492 g/mol. The molecule has 186 valence electrons. The van der Waals surface area contributed by atoms with Crippen molar-refractivity contribution in [3.05, 3.63) is 22.4 Å². The van der Waals surface area contributed by atoms with E-state index in [2.05, 4.69) is 14.2 Å². The predicted octanol–water partition coefficient (Wildman–Crippen LogP) is 2.29. The summed E-state index contributed by atoms with van der Waals surface area (Å²) in [5.74, 6) is 0. The van der Waals surface area contributed by atoms with Gasteiger partial charge >= 0.3 is 12.2 Å². The van der Waals surface area contributed by atoms with Gasteiger partial charge in [0.05, 0.1) is 46.2 Å². The fourth-order valence-electron chi connectivity index (χ4n) is 2.26. The summed E-state index contributed by atoms with van der Waals surface area (Å²) >= 11 is 1.56. The number of ether oxygens (including phenoxy) is 7. The van der Waals surface area contributed by atoms with E-state index in [1.165, 1.54) is 0 Å². The summed E-state index contributed by atoms with van der Waals surface area (Å²) in [7, 11) is 0. The molecule has 0 aliphatic carbocycles. The molecule has 0 radical (unpaired) electrons. The van der Waals surface area contributed by atoms with Gasteiger partial charge < -0.3 is 33.5 Å². The topological polar surface area (TPSA) is 88.1 Å². The minimum atomic E-state index is -4.29. The minimum absolute atomic E-state index is 0.0865. The molecule has 1 saturated heterocycles. The number of halogens is 4. The molecule has 1 aliphatic heterocycles. The van der Waals surface area contributed by atoms with Crippen LogP contribution in [0.4, 0.5) is 17.6 Å². The smallest absolute Gasteiger partial charge is 0.383 e. The van der Waals surface area contributed by atoms with Gasteiger partial charge in [-0.3, -0.25) is 4.74 Å². The summed E-state index contributed by atoms with van der Waals surface area (Å²) in [4.78, 5) is 1.11. The van der Waals surface area contributed by atoms with Crippen LogP contribution in [0.1, 0.15) is 4.88 Å². The molecule has 0 saturated carbocycles. The lowest BCUT2D eigenvalue weighted by Gasteiger charge is -2.24. The summed E-state index contributed by atoms with van der Waals surface area (Å²) in [6, 6.07) is 3.84. The maximum absolute atomic E-state index is 13.6. The maximum atomic E-state index is 13.6. The zero-order valence-corrected chi connectivity index (χ0v) is 18.2. The van der Waals surface area contributed by atoms with E-state index in [1.807, 2.05) is 17.5 Å². The number of aliphatic hydroxyl groups excluding tert-OH is 1. The lowest BCUT2D eigenvalue weighted by atomic mass is 10.3. The van der Waals surface area contributed by atoms with Crippen LogP contribution in [0.25, 0.3) is 0 Å². The summed E-state index contributed by atoms with van der Waals surface area (Å²) < 4.78 is 86.9.